The first-order valence-electron chi connectivity index (χ1n) is 11.1. The van der Waals surface area contributed by atoms with Crippen LogP contribution in [0.4, 0.5) is 11.7 Å². The van der Waals surface area contributed by atoms with E-state index in [4.69, 9.17) is 11.5 Å². The zero-order chi connectivity index (χ0) is 26.3. The number of β-lactam (4-membered cyclic amide) rings is 1. The summed E-state index contributed by atoms with van der Waals surface area (Å²) in [4.78, 5) is 48.1. The van der Waals surface area contributed by atoms with Gasteiger partial charge in [0.1, 0.15) is 18.5 Å². The average Bonchev–Trinajstić information content (AvgIpc) is 3.31. The molecule has 0 aliphatic carbocycles. The second-order valence-corrected chi connectivity index (χ2v) is 9.86. The van der Waals surface area contributed by atoms with E-state index in [1.807, 2.05) is 24.4 Å². The molecule has 2 aliphatic rings. The van der Waals surface area contributed by atoms with Crippen molar-refractivity contribution in [2.45, 2.75) is 18.0 Å². The summed E-state index contributed by atoms with van der Waals surface area (Å²) in [5.74, 6) is -2.15. The number of amides is 2. The number of carbonyl (C=O) groups is 3. The summed E-state index contributed by atoms with van der Waals surface area (Å²) in [5.41, 5.74) is 10.5. The minimum atomic E-state index is -1.23. The van der Waals surface area contributed by atoms with Gasteiger partial charge in [0, 0.05) is 34.8 Å². The van der Waals surface area contributed by atoms with E-state index >= 15 is 0 Å². The van der Waals surface area contributed by atoms with Crippen LogP contribution in [0.2, 0.25) is 0 Å². The number of anilines is 2. The van der Waals surface area contributed by atoms with Crippen molar-refractivity contribution >= 4 is 57.7 Å². The van der Waals surface area contributed by atoms with E-state index in [-0.39, 0.29) is 36.4 Å². The Morgan fingerprint density at radius 2 is 2.22 bits per heavy atom. The van der Waals surface area contributed by atoms with Crippen molar-refractivity contribution in [1.82, 2.24) is 20.4 Å². The van der Waals surface area contributed by atoms with Gasteiger partial charge >= 0.3 is 12.0 Å². The van der Waals surface area contributed by atoms with E-state index in [1.54, 1.807) is 16.8 Å². The van der Waals surface area contributed by atoms with Crippen LogP contribution in [0.1, 0.15) is 5.82 Å². The number of aromatic nitrogens is 3. The van der Waals surface area contributed by atoms with Gasteiger partial charge in [-0.05, 0) is 12.1 Å². The number of carbonyl (C=O) groups excluding carboxylic acids is 2. The number of hydrogen-bond acceptors (Lipinski definition) is 11. The zero-order valence-corrected chi connectivity index (χ0v) is 20.3. The molecule has 14 nitrogen and oxygen atoms in total. The minimum Gasteiger partial charge on any atom is -0.481 e. The highest BCUT2D eigenvalue weighted by molar-refractivity contribution is 8.00. The van der Waals surface area contributed by atoms with Gasteiger partial charge in [-0.15, -0.1) is 11.8 Å². The maximum absolute atomic E-state index is 13.0. The van der Waals surface area contributed by atoms with E-state index in [0.29, 0.717) is 5.69 Å². The normalized spacial score (nSPS) is 23.3. The van der Waals surface area contributed by atoms with E-state index in [2.05, 4.69) is 30.0 Å². The molecule has 3 atom stereocenters. The molecule has 3 aromatic rings. The number of hydrogen-bond donors (Lipinski definition) is 4. The van der Waals surface area contributed by atoms with Crippen LogP contribution < -0.4 is 21.4 Å². The number of thioether (sulfide) groups is 1. The Balaban J connectivity index is 1.31. The molecule has 6 N–H and O–H groups in total. The highest BCUT2D eigenvalue weighted by Gasteiger charge is 2.59. The number of nitrogens with zero attached hydrogens (tertiary/aromatic N) is 5. The molecule has 0 spiro atoms. The lowest BCUT2D eigenvalue weighted by molar-refractivity contribution is -0.705. The third kappa shape index (κ3) is 4.26. The van der Waals surface area contributed by atoms with Gasteiger partial charge in [-0.25, -0.2) is 4.57 Å². The third-order valence-corrected chi connectivity index (χ3v) is 7.92. The van der Waals surface area contributed by atoms with Crippen LogP contribution >= 0.6 is 11.8 Å². The number of benzene rings is 1. The van der Waals surface area contributed by atoms with E-state index in [1.165, 1.54) is 23.8 Å². The Bertz CT molecular complexity index is 1440. The average molecular weight is 528 g/mol. The smallest absolute Gasteiger partial charge is 0.319 e. The van der Waals surface area contributed by atoms with Gasteiger partial charge < -0.3 is 36.2 Å². The zero-order valence-electron chi connectivity index (χ0n) is 19.5. The summed E-state index contributed by atoms with van der Waals surface area (Å²) in [5, 5.41) is 21.3. The van der Waals surface area contributed by atoms with E-state index < -0.39 is 34.6 Å². The molecular weight excluding hydrogens is 504 g/mol. The van der Waals surface area contributed by atoms with Crippen LogP contribution in [0.5, 0.6) is 0 Å². The Labute approximate surface area is 213 Å². The Morgan fingerprint density at radius 3 is 2.92 bits per heavy atom. The molecule has 1 aromatic carbocycles. The molecule has 2 aliphatic heterocycles. The standard InChI is InChI=1S/C22H22N8O6S/c1-35-27-14(16-26-21(24)36-28-16)17(31)25-15-18(32)30-9-22(20(33)34,10-37-19(15)30)8-29-6-5-12-11(7-29)3-2-4-13(12)23/h2-7,15,19H,8-10,23H2,1H3,(H3-,24,25,26,28,31,33,34)/p+1/t15?,19-,22?/m1/s1. The number of nitrogen functional groups attached to an aromatic ring is 2. The molecule has 5 rings (SSSR count). The number of oxime groups is 1. The predicted octanol–water partition coefficient (Wildman–Crippen LogP) is -0.804. The summed E-state index contributed by atoms with van der Waals surface area (Å²) in [6.45, 7) is 0.144. The van der Waals surface area contributed by atoms with Gasteiger partial charge in [-0.1, -0.05) is 16.4 Å². The van der Waals surface area contributed by atoms with Gasteiger partial charge in [0.2, 0.25) is 17.4 Å². The molecular formula is C22H23N8O6S+. The van der Waals surface area contributed by atoms with Crippen molar-refractivity contribution in [3.05, 3.63) is 42.5 Å². The number of fused-ring (bicyclic) bond motifs is 2. The third-order valence-electron chi connectivity index (χ3n) is 6.33. The van der Waals surface area contributed by atoms with Gasteiger partial charge in [-0.2, -0.15) is 4.98 Å². The highest BCUT2D eigenvalue weighted by Crippen LogP contribution is 2.42. The van der Waals surface area contributed by atoms with Gasteiger partial charge in [-0.3, -0.25) is 14.4 Å². The van der Waals surface area contributed by atoms with E-state index in [9.17, 15) is 19.5 Å². The van der Waals surface area contributed by atoms with Crippen molar-refractivity contribution in [2.24, 2.45) is 10.6 Å². The molecule has 15 heteroatoms. The topological polar surface area (TPSA) is 203 Å². The minimum absolute atomic E-state index is 0.00639. The molecule has 2 amide bonds. The molecule has 2 unspecified atom stereocenters. The van der Waals surface area contributed by atoms with Gasteiger partial charge in [0.15, 0.2) is 24.4 Å². The second kappa shape index (κ2) is 9.24. The largest absolute Gasteiger partial charge is 0.481 e. The van der Waals surface area contributed by atoms with Crippen LogP contribution in [0.3, 0.4) is 0 Å². The SMILES string of the molecule is CON=C(C(=O)NC1C(=O)N2CC(C[n+]3ccc4c(N)cccc4c3)(C(=O)O)CS[C@H]12)c1noc(N)n1. The first-order chi connectivity index (χ1) is 17.7. The fourth-order valence-corrected chi connectivity index (χ4v) is 6.01. The quantitative estimate of drug-likeness (QED) is 0.0984. The number of nitrogens with two attached hydrogens (primary N) is 2. The number of carboxylic acids is 1. The summed E-state index contributed by atoms with van der Waals surface area (Å²) >= 11 is 1.29. The van der Waals surface area contributed by atoms with Crippen LogP contribution in [-0.4, -0.2) is 74.5 Å². The first-order valence-corrected chi connectivity index (χ1v) is 12.1. The summed E-state index contributed by atoms with van der Waals surface area (Å²) < 4.78 is 6.47. The molecule has 0 radical (unpaired) electrons. The van der Waals surface area contributed by atoms with Crippen LogP contribution in [0, 0.1) is 5.41 Å². The first kappa shape index (κ1) is 24.3. The number of nitrogens with one attached hydrogen (secondary N) is 1. The Morgan fingerprint density at radius 1 is 1.41 bits per heavy atom. The summed E-state index contributed by atoms with van der Waals surface area (Å²) in [6.07, 6.45) is 3.62. The second-order valence-electron chi connectivity index (χ2n) is 8.75. The van der Waals surface area contributed by atoms with Crippen molar-refractivity contribution in [3.8, 4) is 0 Å². The molecule has 2 fully saturated rings. The number of aliphatic carboxylic acids is 1. The summed E-state index contributed by atoms with van der Waals surface area (Å²) in [7, 11) is 1.23. The van der Waals surface area contributed by atoms with Crippen LogP contribution in [0.15, 0.2) is 46.3 Å². The lowest BCUT2D eigenvalue weighted by Gasteiger charge is -2.53. The molecule has 0 saturated carbocycles. The van der Waals surface area contributed by atoms with Crippen LogP contribution in [0.25, 0.3) is 10.8 Å². The predicted molar refractivity (Wildman–Crippen MR) is 131 cm³/mol. The number of rotatable bonds is 7. The number of carboxylic acid groups (broad SMARTS) is 1. The highest BCUT2D eigenvalue weighted by atomic mass is 32.2. The van der Waals surface area contributed by atoms with Crippen molar-refractivity contribution < 1.29 is 33.4 Å². The van der Waals surface area contributed by atoms with Gasteiger partial charge in [0.05, 0.1) is 0 Å². The molecule has 4 heterocycles. The van der Waals surface area contributed by atoms with Crippen molar-refractivity contribution in [1.29, 1.82) is 0 Å². The fourth-order valence-electron chi connectivity index (χ4n) is 4.48. The molecule has 2 saturated heterocycles. The van der Waals surface area contributed by atoms with Crippen molar-refractivity contribution in [2.75, 3.05) is 30.9 Å². The fraction of sp³-hybridized carbons (Fsp3) is 0.318. The Kier molecular flexibility index (Phi) is 6.07. The Hall–Kier alpha value is -4.40. The molecule has 0 bridgehead atoms. The lowest BCUT2D eigenvalue weighted by atomic mass is 9.86. The van der Waals surface area contributed by atoms with Gasteiger partial charge in [0.25, 0.3) is 5.91 Å². The van der Waals surface area contributed by atoms with E-state index in [0.717, 1.165) is 10.8 Å². The maximum Gasteiger partial charge on any atom is 0.319 e. The monoisotopic (exact) mass is 527 g/mol. The number of pyridine rings is 1. The summed E-state index contributed by atoms with van der Waals surface area (Å²) in [6, 6.07) is 6.23. The van der Waals surface area contributed by atoms with Crippen molar-refractivity contribution in [3.63, 3.8) is 0 Å². The molecule has 37 heavy (non-hydrogen) atoms. The lowest BCUT2D eigenvalue weighted by Crippen LogP contribution is -2.75. The molecule has 192 valence electrons. The molecule has 2 aromatic heterocycles. The van der Waals surface area contributed by atoms with Crippen LogP contribution in [-0.2, 0) is 25.8 Å². The maximum atomic E-state index is 13.0.